The van der Waals surface area contributed by atoms with Crippen LogP contribution in [0.25, 0.3) is 0 Å². The Balaban J connectivity index is 5.75. The van der Waals surface area contributed by atoms with Gasteiger partial charge in [-0.25, -0.2) is 0 Å². The molecule has 0 unspecified atom stereocenters. The van der Waals surface area contributed by atoms with Crippen molar-refractivity contribution >= 4 is 5.91 Å². The first kappa shape index (κ1) is 36.0. The molecule has 19 heteroatoms. The highest BCUT2D eigenvalue weighted by atomic mass is 19.4. The monoisotopic (exact) mass is 601 g/mol. The van der Waals surface area contributed by atoms with Crippen LogP contribution in [0.2, 0.25) is 0 Å². The van der Waals surface area contributed by atoms with Crippen LogP contribution in [-0.2, 0) is 4.79 Å². The van der Waals surface area contributed by atoms with Gasteiger partial charge in [0.15, 0.2) is 0 Å². The number of nitrogens with zero attached hydrogens (tertiary/aromatic N) is 1. The third-order valence-corrected chi connectivity index (χ3v) is 5.23. The number of carbonyl (C=O) groups is 1. The molecule has 0 bridgehead atoms. The van der Waals surface area contributed by atoms with E-state index in [1.165, 1.54) is 14.0 Å². The topological polar surface area (TPSA) is 20.3 Å². The highest BCUT2D eigenvalue weighted by molar-refractivity contribution is 5.91. The van der Waals surface area contributed by atoms with Crippen molar-refractivity contribution in [3.05, 3.63) is 12.2 Å². The van der Waals surface area contributed by atoms with Gasteiger partial charge in [-0.1, -0.05) is 19.4 Å². The predicted molar refractivity (Wildman–Crippen MR) is 96.2 cm³/mol. The first-order valence-electron chi connectivity index (χ1n) is 10.1. The van der Waals surface area contributed by atoms with Gasteiger partial charge in [0.05, 0.1) is 0 Å². The van der Waals surface area contributed by atoms with Gasteiger partial charge in [0, 0.05) is 25.6 Å². The number of hydrogen-bond acceptors (Lipinski definition) is 1. The van der Waals surface area contributed by atoms with Gasteiger partial charge >= 0.3 is 47.6 Å². The van der Waals surface area contributed by atoms with E-state index >= 15 is 0 Å². The smallest absolute Gasteiger partial charge is 0.342 e. The molecule has 0 aromatic heterocycles. The van der Waals surface area contributed by atoms with Crippen molar-refractivity contribution < 1.29 is 79.4 Å². The molecule has 226 valence electrons. The van der Waals surface area contributed by atoms with E-state index < -0.39 is 72.8 Å². The van der Waals surface area contributed by atoms with Gasteiger partial charge in [-0.2, -0.15) is 74.6 Å². The van der Waals surface area contributed by atoms with Crippen LogP contribution in [0.4, 0.5) is 74.6 Å². The third kappa shape index (κ3) is 5.94. The number of amides is 1. The lowest BCUT2D eigenvalue weighted by atomic mass is 9.88. The zero-order chi connectivity index (χ0) is 31.0. The Bertz CT molecular complexity index is 847. The Morgan fingerprint density at radius 2 is 0.921 bits per heavy atom. The van der Waals surface area contributed by atoms with Crippen molar-refractivity contribution in [1.82, 2.24) is 4.90 Å². The average molecular weight is 601 g/mol. The van der Waals surface area contributed by atoms with Crippen LogP contribution in [0.15, 0.2) is 12.2 Å². The van der Waals surface area contributed by atoms with Gasteiger partial charge in [-0.3, -0.25) is 4.79 Å². The van der Waals surface area contributed by atoms with E-state index in [-0.39, 0.29) is 25.0 Å². The largest absolute Gasteiger partial charge is 0.460 e. The third-order valence-electron chi connectivity index (χ3n) is 5.23. The number of alkyl halides is 17. The normalized spacial score (nSPS) is 15.0. The summed E-state index contributed by atoms with van der Waals surface area (Å²) in [7, 11) is 1.29. The highest BCUT2D eigenvalue weighted by Gasteiger charge is 2.95. The van der Waals surface area contributed by atoms with Gasteiger partial charge in [0.25, 0.3) is 0 Å². The Morgan fingerprint density at radius 1 is 0.579 bits per heavy atom. The molecule has 2 nitrogen and oxygen atoms in total. The van der Waals surface area contributed by atoms with Crippen molar-refractivity contribution in [2.24, 2.45) is 0 Å². The summed E-state index contributed by atoms with van der Waals surface area (Å²) in [6.45, 7) is 4.65. The molecule has 0 saturated heterocycles. The van der Waals surface area contributed by atoms with E-state index in [2.05, 4.69) is 6.58 Å². The molecule has 0 aromatic rings. The lowest BCUT2D eigenvalue weighted by Crippen LogP contribution is -2.74. The van der Waals surface area contributed by atoms with Crippen molar-refractivity contribution in [2.75, 3.05) is 13.6 Å². The summed E-state index contributed by atoms with van der Waals surface area (Å²) >= 11 is 0. The molecule has 0 rings (SSSR count). The molecule has 0 aliphatic carbocycles. The van der Waals surface area contributed by atoms with Crippen LogP contribution in [0, 0.1) is 0 Å². The predicted octanol–water partition coefficient (Wildman–Crippen LogP) is 7.98. The summed E-state index contributed by atoms with van der Waals surface area (Å²) < 4.78 is 224. The van der Waals surface area contributed by atoms with Crippen LogP contribution in [0.1, 0.15) is 39.0 Å². The Labute approximate surface area is 203 Å². The van der Waals surface area contributed by atoms with Crippen LogP contribution in [-0.4, -0.2) is 72.0 Å². The van der Waals surface area contributed by atoms with Gasteiger partial charge < -0.3 is 4.90 Å². The molecule has 0 N–H and O–H groups in total. The number of halogens is 17. The Kier molecular flexibility index (Phi) is 10.3. The minimum atomic E-state index is -8.62. The molecule has 0 heterocycles. The fraction of sp³-hybridized carbons (Fsp3) is 0.842. The first-order valence-corrected chi connectivity index (χ1v) is 10.1. The zero-order valence-electron chi connectivity index (χ0n) is 19.2. The molecular formula is C19H20F17NO. The van der Waals surface area contributed by atoms with Crippen molar-refractivity contribution in [3.63, 3.8) is 0 Å². The molecule has 1 amide bonds. The molecule has 0 radical (unpaired) electrons. The Morgan fingerprint density at radius 3 is 1.29 bits per heavy atom. The molecule has 0 aromatic carbocycles. The van der Waals surface area contributed by atoms with Crippen LogP contribution >= 0.6 is 0 Å². The number of carbonyl (C=O) groups excluding carboxylic acids is 1. The summed E-state index contributed by atoms with van der Waals surface area (Å²) in [4.78, 5) is 12.6. The summed E-state index contributed by atoms with van der Waals surface area (Å²) in [6, 6.07) is 0. The lowest BCUT2D eigenvalue weighted by molar-refractivity contribution is -0.461. The number of rotatable bonds is 14. The number of hydrogen-bond donors (Lipinski definition) is 0. The van der Waals surface area contributed by atoms with Gasteiger partial charge in [-0.05, 0) is 19.8 Å². The molecule has 0 fully saturated rings. The van der Waals surface area contributed by atoms with Crippen LogP contribution < -0.4 is 0 Å². The summed E-state index contributed by atoms with van der Waals surface area (Å²) in [5, 5.41) is 0. The average Bonchev–Trinajstić information content (AvgIpc) is 2.73. The van der Waals surface area contributed by atoms with Crippen molar-refractivity contribution in [2.45, 2.75) is 86.7 Å². The second-order valence-corrected chi connectivity index (χ2v) is 8.32. The van der Waals surface area contributed by atoms with Crippen LogP contribution in [0.3, 0.4) is 0 Å². The fourth-order valence-electron chi connectivity index (χ4n) is 2.83. The lowest BCUT2D eigenvalue weighted by Gasteiger charge is -2.42. The second-order valence-electron chi connectivity index (χ2n) is 8.32. The van der Waals surface area contributed by atoms with Gasteiger partial charge in [-0.15, -0.1) is 0 Å². The standard InChI is InChI=1S/C19H20F17NO/c1-10(2)11(38)37(3)9-7-5-4-6-8-12(20,21)13(22,23)14(24,25)15(26,27)16(28,29)17(30,31)18(32,33)19(34,35)36/h1,4-9H2,2-3H3. The van der Waals surface area contributed by atoms with Gasteiger partial charge in [0.1, 0.15) is 0 Å². The maximum atomic E-state index is 13.8. The SMILES string of the molecule is C=C(C)C(=O)N(C)CCCCCCC(F)(F)C(F)(F)C(F)(F)C(F)(F)C(F)(F)C(F)(F)C(F)(F)C(F)(F)F. The highest BCUT2D eigenvalue weighted by Crippen LogP contribution is 2.64. The van der Waals surface area contributed by atoms with Crippen molar-refractivity contribution in [1.29, 1.82) is 0 Å². The first-order chi connectivity index (χ1) is 16.5. The van der Waals surface area contributed by atoms with E-state index in [1.54, 1.807) is 0 Å². The zero-order valence-corrected chi connectivity index (χ0v) is 19.2. The van der Waals surface area contributed by atoms with Gasteiger partial charge in [0.2, 0.25) is 5.91 Å². The van der Waals surface area contributed by atoms with E-state index in [1.807, 2.05) is 0 Å². The summed E-state index contributed by atoms with van der Waals surface area (Å²) in [5.74, 6) is -56.6. The quantitative estimate of drug-likeness (QED) is 0.112. The molecule has 38 heavy (non-hydrogen) atoms. The molecular weight excluding hydrogens is 581 g/mol. The summed E-state index contributed by atoms with van der Waals surface area (Å²) in [6.07, 6.45) is -12.0. The van der Waals surface area contributed by atoms with Crippen molar-refractivity contribution in [3.8, 4) is 0 Å². The summed E-state index contributed by atoms with van der Waals surface area (Å²) in [5.41, 5.74) is 0.109. The molecule has 0 spiro atoms. The van der Waals surface area contributed by atoms with Crippen LogP contribution in [0.5, 0.6) is 0 Å². The van der Waals surface area contributed by atoms with E-state index in [4.69, 9.17) is 0 Å². The minimum absolute atomic E-state index is 0.0143. The minimum Gasteiger partial charge on any atom is -0.342 e. The van der Waals surface area contributed by atoms with E-state index in [0.29, 0.717) is 0 Å². The maximum absolute atomic E-state index is 13.8. The Hall–Kier alpha value is -1.98. The fourth-order valence-corrected chi connectivity index (χ4v) is 2.83. The molecule has 0 saturated carbocycles. The number of unbranched alkanes of at least 4 members (excludes halogenated alkanes) is 3. The van der Waals surface area contributed by atoms with E-state index in [0.717, 1.165) is 4.90 Å². The van der Waals surface area contributed by atoms with E-state index in [9.17, 15) is 79.4 Å². The molecule has 0 aliphatic rings. The number of likely N-dealkylation sites (N-methyl/N-ethyl adjacent to an activating group) is 1. The molecule has 0 aliphatic heterocycles. The molecule has 0 atom stereocenters. The maximum Gasteiger partial charge on any atom is 0.460 e. The second kappa shape index (κ2) is 10.9.